The van der Waals surface area contributed by atoms with E-state index < -0.39 is 5.97 Å². The van der Waals surface area contributed by atoms with Gasteiger partial charge in [-0.15, -0.1) is 0 Å². The molecule has 1 atom stereocenters. The molecule has 0 rings (SSSR count). The summed E-state index contributed by atoms with van der Waals surface area (Å²) >= 11 is 0. The lowest BCUT2D eigenvalue weighted by atomic mass is 9.91. The predicted molar refractivity (Wildman–Crippen MR) is 160 cm³/mol. The monoisotopic (exact) mass is 508 g/mol. The molecule has 0 aromatic heterocycles. The lowest BCUT2D eigenvalue weighted by Crippen LogP contribution is -2.17. The SMILES string of the molecule is CCCCCCCCC(CCCCCCCCCCC=CCCCCCCCC(=O)O)CCN(C)C. The van der Waals surface area contributed by atoms with Gasteiger partial charge in [0, 0.05) is 6.42 Å². The molecule has 0 radical (unpaired) electrons. The van der Waals surface area contributed by atoms with Gasteiger partial charge in [-0.25, -0.2) is 0 Å². The molecule has 0 saturated carbocycles. The number of hydrogen-bond acceptors (Lipinski definition) is 2. The zero-order valence-corrected chi connectivity index (χ0v) is 24.9. The first-order chi connectivity index (χ1) is 17.6. The highest BCUT2D eigenvalue weighted by molar-refractivity contribution is 5.66. The molecule has 3 heteroatoms. The molecular weight excluding hydrogens is 442 g/mol. The first kappa shape index (κ1) is 35.2. The first-order valence-electron chi connectivity index (χ1n) is 16.1. The van der Waals surface area contributed by atoms with Crippen molar-refractivity contribution in [3.05, 3.63) is 12.2 Å². The number of hydrogen-bond donors (Lipinski definition) is 1. The summed E-state index contributed by atoms with van der Waals surface area (Å²) in [6.45, 7) is 3.56. The van der Waals surface area contributed by atoms with Crippen LogP contribution in [0, 0.1) is 5.92 Å². The number of allylic oxidation sites excluding steroid dienone is 2. The molecule has 0 aliphatic rings. The largest absolute Gasteiger partial charge is 0.481 e. The van der Waals surface area contributed by atoms with Crippen molar-refractivity contribution in [3.8, 4) is 0 Å². The topological polar surface area (TPSA) is 40.5 Å². The van der Waals surface area contributed by atoms with E-state index in [1.807, 2.05) is 0 Å². The molecular formula is C33H65NO2. The molecule has 0 aliphatic heterocycles. The molecule has 1 unspecified atom stereocenters. The summed E-state index contributed by atoms with van der Waals surface area (Å²) in [4.78, 5) is 12.8. The maximum absolute atomic E-state index is 10.5. The Morgan fingerprint density at radius 3 is 1.47 bits per heavy atom. The molecule has 0 bridgehead atoms. The number of unbranched alkanes of at least 4 members (excludes halogenated alkanes) is 18. The van der Waals surface area contributed by atoms with Crippen molar-refractivity contribution in [3.63, 3.8) is 0 Å². The van der Waals surface area contributed by atoms with E-state index in [-0.39, 0.29) is 0 Å². The van der Waals surface area contributed by atoms with Crippen molar-refractivity contribution >= 4 is 5.97 Å². The number of carbonyl (C=O) groups is 1. The Morgan fingerprint density at radius 2 is 1.03 bits per heavy atom. The molecule has 36 heavy (non-hydrogen) atoms. The number of carboxylic acids is 1. The third-order valence-electron chi connectivity index (χ3n) is 7.61. The van der Waals surface area contributed by atoms with Crippen LogP contribution in [0.5, 0.6) is 0 Å². The molecule has 0 spiro atoms. The van der Waals surface area contributed by atoms with Crippen LogP contribution in [-0.2, 0) is 4.79 Å². The maximum Gasteiger partial charge on any atom is 0.303 e. The number of nitrogens with zero attached hydrogens (tertiary/aromatic N) is 1. The Kier molecular flexibility index (Phi) is 28.1. The van der Waals surface area contributed by atoms with Crippen LogP contribution in [0.25, 0.3) is 0 Å². The zero-order valence-electron chi connectivity index (χ0n) is 24.9. The zero-order chi connectivity index (χ0) is 26.5. The van der Waals surface area contributed by atoms with Crippen LogP contribution in [-0.4, -0.2) is 36.6 Å². The molecule has 0 aromatic rings. The Morgan fingerprint density at radius 1 is 0.611 bits per heavy atom. The first-order valence-corrected chi connectivity index (χ1v) is 16.1. The van der Waals surface area contributed by atoms with E-state index in [1.54, 1.807) is 0 Å². The lowest BCUT2D eigenvalue weighted by Gasteiger charge is -2.19. The van der Waals surface area contributed by atoms with E-state index in [2.05, 4.69) is 38.1 Å². The van der Waals surface area contributed by atoms with Gasteiger partial charge >= 0.3 is 5.97 Å². The Balaban J connectivity index is 3.51. The lowest BCUT2D eigenvalue weighted by molar-refractivity contribution is -0.137. The number of rotatable bonds is 29. The van der Waals surface area contributed by atoms with Gasteiger partial charge in [0.15, 0.2) is 0 Å². The molecule has 0 amide bonds. The summed E-state index contributed by atoms with van der Waals surface area (Å²) in [5.74, 6) is 0.294. The van der Waals surface area contributed by atoms with Gasteiger partial charge in [-0.1, -0.05) is 135 Å². The van der Waals surface area contributed by atoms with E-state index >= 15 is 0 Å². The molecule has 1 N–H and O–H groups in total. The van der Waals surface area contributed by atoms with Gasteiger partial charge < -0.3 is 10.0 Å². The van der Waals surface area contributed by atoms with E-state index in [9.17, 15) is 4.79 Å². The van der Waals surface area contributed by atoms with Crippen LogP contribution in [0.4, 0.5) is 0 Å². The summed E-state index contributed by atoms with van der Waals surface area (Å²) in [5.41, 5.74) is 0. The van der Waals surface area contributed by atoms with Gasteiger partial charge in [0.2, 0.25) is 0 Å². The highest BCUT2D eigenvalue weighted by atomic mass is 16.4. The van der Waals surface area contributed by atoms with Gasteiger partial charge in [0.25, 0.3) is 0 Å². The maximum atomic E-state index is 10.5. The van der Waals surface area contributed by atoms with Crippen molar-refractivity contribution in [1.29, 1.82) is 0 Å². The summed E-state index contributed by atoms with van der Waals surface area (Å²) in [6.07, 6.45) is 37.3. The summed E-state index contributed by atoms with van der Waals surface area (Å²) < 4.78 is 0. The van der Waals surface area contributed by atoms with Gasteiger partial charge in [-0.2, -0.15) is 0 Å². The number of aliphatic carboxylic acids is 1. The normalized spacial score (nSPS) is 12.7. The van der Waals surface area contributed by atoms with Crippen LogP contribution in [0.3, 0.4) is 0 Å². The third-order valence-corrected chi connectivity index (χ3v) is 7.61. The molecule has 0 saturated heterocycles. The molecule has 0 heterocycles. The standard InChI is InChI=1S/C33H65NO2/c1-4-5-6-7-21-24-27-32(30-31-34(2)3)28-25-22-19-17-15-13-11-9-8-10-12-14-16-18-20-23-26-29-33(35)36/h10,12,32H,4-9,11,13-31H2,1-3H3,(H,35,36). The van der Waals surface area contributed by atoms with Crippen molar-refractivity contribution in [2.45, 2.75) is 167 Å². The van der Waals surface area contributed by atoms with Crippen LogP contribution in [0.1, 0.15) is 167 Å². The summed E-state index contributed by atoms with van der Waals surface area (Å²) in [7, 11) is 4.44. The van der Waals surface area contributed by atoms with Crippen LogP contribution in [0.2, 0.25) is 0 Å². The van der Waals surface area contributed by atoms with Gasteiger partial charge in [-0.05, 0) is 65.1 Å². The summed E-state index contributed by atoms with van der Waals surface area (Å²) in [6, 6.07) is 0. The van der Waals surface area contributed by atoms with Crippen molar-refractivity contribution in [2.24, 2.45) is 5.92 Å². The van der Waals surface area contributed by atoms with Gasteiger partial charge in [0.1, 0.15) is 0 Å². The average molecular weight is 508 g/mol. The Labute approximate surface area is 226 Å². The fraction of sp³-hybridized carbons (Fsp3) is 0.909. The highest BCUT2D eigenvalue weighted by Crippen LogP contribution is 2.22. The van der Waals surface area contributed by atoms with E-state index in [0.717, 1.165) is 18.8 Å². The van der Waals surface area contributed by atoms with Crippen LogP contribution >= 0.6 is 0 Å². The summed E-state index contributed by atoms with van der Waals surface area (Å²) in [5, 5.41) is 8.63. The molecule has 3 nitrogen and oxygen atoms in total. The van der Waals surface area contributed by atoms with Crippen LogP contribution < -0.4 is 0 Å². The van der Waals surface area contributed by atoms with Crippen molar-refractivity contribution < 1.29 is 9.90 Å². The van der Waals surface area contributed by atoms with E-state index in [4.69, 9.17) is 5.11 Å². The second-order valence-corrected chi connectivity index (χ2v) is 11.6. The van der Waals surface area contributed by atoms with Crippen LogP contribution in [0.15, 0.2) is 12.2 Å². The molecule has 0 aromatic carbocycles. The molecule has 214 valence electrons. The Bertz CT molecular complexity index is 474. The fourth-order valence-electron chi connectivity index (χ4n) is 5.15. The second kappa shape index (κ2) is 28.7. The molecule has 0 aliphatic carbocycles. The Hall–Kier alpha value is -0.830. The average Bonchev–Trinajstić information content (AvgIpc) is 2.85. The minimum Gasteiger partial charge on any atom is -0.481 e. The highest BCUT2D eigenvalue weighted by Gasteiger charge is 2.09. The number of carboxylic acid groups (broad SMARTS) is 1. The second-order valence-electron chi connectivity index (χ2n) is 11.6. The van der Waals surface area contributed by atoms with E-state index in [0.29, 0.717) is 6.42 Å². The minimum atomic E-state index is -0.661. The van der Waals surface area contributed by atoms with Crippen molar-refractivity contribution in [2.75, 3.05) is 20.6 Å². The van der Waals surface area contributed by atoms with Gasteiger partial charge in [-0.3, -0.25) is 4.79 Å². The predicted octanol–water partition coefficient (Wildman–Crippen LogP) is 10.6. The van der Waals surface area contributed by atoms with Crippen molar-refractivity contribution in [1.82, 2.24) is 4.90 Å². The molecule has 0 fully saturated rings. The van der Waals surface area contributed by atoms with Gasteiger partial charge in [0.05, 0.1) is 0 Å². The third kappa shape index (κ3) is 29.4. The smallest absolute Gasteiger partial charge is 0.303 e. The minimum absolute atomic E-state index is 0.330. The van der Waals surface area contributed by atoms with E-state index in [1.165, 1.54) is 148 Å². The quantitative estimate of drug-likeness (QED) is 0.0808. The fourth-order valence-corrected chi connectivity index (χ4v) is 5.15.